The van der Waals surface area contributed by atoms with Crippen LogP contribution < -0.4 is 5.11 Å². The Hall–Kier alpha value is -0.570. The first-order valence-electron chi connectivity index (χ1n) is 14.4. The van der Waals surface area contributed by atoms with E-state index in [1.807, 2.05) is 0 Å². The Balaban J connectivity index is 0. The summed E-state index contributed by atoms with van der Waals surface area (Å²) < 4.78 is 1.42. The van der Waals surface area contributed by atoms with Gasteiger partial charge in [-0.15, -0.1) is 0 Å². The van der Waals surface area contributed by atoms with E-state index in [0.29, 0.717) is 0 Å². The highest BCUT2D eigenvalue weighted by molar-refractivity contribution is 5.63. The smallest absolute Gasteiger partial charge is 0.0786 e. The molecule has 0 saturated carbocycles. The van der Waals surface area contributed by atoms with Crippen molar-refractivity contribution in [2.24, 2.45) is 5.92 Å². The molecule has 0 aliphatic carbocycles. The second-order valence-corrected chi connectivity index (χ2v) is 10.4. The molecule has 0 rings (SSSR count). The molecule has 0 amide bonds. The first-order chi connectivity index (χ1) is 15.4. The summed E-state index contributed by atoms with van der Waals surface area (Å²) in [5, 5.41) is 10.1. The first-order valence-corrected chi connectivity index (χ1v) is 14.4. The molecule has 3 heteroatoms. The minimum absolute atomic E-state index is 0.230. The summed E-state index contributed by atoms with van der Waals surface area (Å²) in [4.78, 5) is 10.1. The molecule has 32 heavy (non-hydrogen) atoms. The molecule has 0 aromatic carbocycles. The van der Waals surface area contributed by atoms with Crippen molar-refractivity contribution in [3.8, 4) is 0 Å². The van der Waals surface area contributed by atoms with Crippen LogP contribution >= 0.6 is 0 Å². The maximum Gasteiger partial charge on any atom is 0.0786 e. The minimum Gasteiger partial charge on any atom is -0.550 e. The van der Waals surface area contributed by atoms with Gasteiger partial charge in [-0.05, 0) is 44.4 Å². The molecule has 0 atom stereocenters. The van der Waals surface area contributed by atoms with E-state index in [2.05, 4.69) is 41.5 Å². The molecule has 0 aliphatic heterocycles. The van der Waals surface area contributed by atoms with Crippen LogP contribution in [0.5, 0.6) is 0 Å². The van der Waals surface area contributed by atoms with Crippen LogP contribution in [-0.4, -0.2) is 36.6 Å². The van der Waals surface area contributed by atoms with Crippen molar-refractivity contribution in [2.75, 3.05) is 26.2 Å². The average molecular weight is 456 g/mol. The fourth-order valence-electron chi connectivity index (χ4n) is 4.35. The Morgan fingerprint density at radius 3 is 1.25 bits per heavy atom. The van der Waals surface area contributed by atoms with Crippen LogP contribution in [0.15, 0.2) is 0 Å². The van der Waals surface area contributed by atoms with Crippen LogP contribution in [-0.2, 0) is 4.79 Å². The fourth-order valence-corrected chi connectivity index (χ4v) is 4.35. The number of carboxylic acid groups (broad SMARTS) is 1. The first kappa shape index (κ1) is 33.6. The summed E-state index contributed by atoms with van der Waals surface area (Å²) in [5.74, 6) is -0.0833. The van der Waals surface area contributed by atoms with Crippen LogP contribution in [0.4, 0.5) is 0 Å². The van der Waals surface area contributed by atoms with E-state index in [4.69, 9.17) is 0 Å². The second-order valence-electron chi connectivity index (χ2n) is 10.4. The zero-order valence-electron chi connectivity index (χ0n) is 23.2. The van der Waals surface area contributed by atoms with E-state index < -0.39 is 5.97 Å². The largest absolute Gasteiger partial charge is 0.550 e. The van der Waals surface area contributed by atoms with Gasteiger partial charge in [0.25, 0.3) is 0 Å². The van der Waals surface area contributed by atoms with Crippen LogP contribution in [0.1, 0.15) is 151 Å². The Morgan fingerprint density at radius 1 is 0.594 bits per heavy atom. The lowest BCUT2D eigenvalue weighted by molar-refractivity contribution is -0.929. The number of carbonyl (C=O) groups is 1. The Labute approximate surface area is 203 Å². The predicted octanol–water partition coefficient (Wildman–Crippen LogP) is 7.91. The van der Waals surface area contributed by atoms with Gasteiger partial charge in [-0.2, -0.15) is 0 Å². The zero-order chi connectivity index (χ0) is 24.5. The topological polar surface area (TPSA) is 40.1 Å². The van der Waals surface area contributed by atoms with Crippen molar-refractivity contribution < 1.29 is 14.4 Å². The van der Waals surface area contributed by atoms with Gasteiger partial charge in [-0.25, -0.2) is 0 Å². The Kier molecular flexibility index (Phi) is 26.3. The van der Waals surface area contributed by atoms with E-state index in [0.717, 1.165) is 18.8 Å². The molecule has 0 saturated heterocycles. The van der Waals surface area contributed by atoms with Gasteiger partial charge in [0.1, 0.15) is 0 Å². The second kappa shape index (κ2) is 25.1. The van der Waals surface area contributed by atoms with Crippen molar-refractivity contribution in [1.29, 1.82) is 0 Å². The van der Waals surface area contributed by atoms with Gasteiger partial charge in [0.05, 0.1) is 26.2 Å². The number of hydrogen-bond acceptors (Lipinski definition) is 2. The maximum absolute atomic E-state index is 10.1. The quantitative estimate of drug-likeness (QED) is 0.123. The highest BCUT2D eigenvalue weighted by atomic mass is 16.4. The van der Waals surface area contributed by atoms with Crippen molar-refractivity contribution in [3.63, 3.8) is 0 Å². The molecule has 0 spiro atoms. The normalized spacial score (nSPS) is 11.5. The summed E-state index contributed by atoms with van der Waals surface area (Å²) in [7, 11) is 0. The lowest BCUT2D eigenvalue weighted by Gasteiger charge is -2.39. The highest BCUT2D eigenvalue weighted by Gasteiger charge is 2.24. The van der Waals surface area contributed by atoms with Crippen LogP contribution in [0.3, 0.4) is 0 Å². The third-order valence-corrected chi connectivity index (χ3v) is 6.61. The molecular formula is C29H61NO2. The molecule has 0 heterocycles. The number of carboxylic acids is 1. The van der Waals surface area contributed by atoms with Crippen molar-refractivity contribution in [2.45, 2.75) is 151 Å². The average Bonchev–Trinajstić information content (AvgIpc) is 2.77. The third kappa shape index (κ3) is 24.1. The molecule has 0 aromatic heterocycles. The number of hydrogen-bond donors (Lipinski definition) is 0. The van der Waals surface area contributed by atoms with E-state index in [-0.39, 0.29) is 6.42 Å². The Morgan fingerprint density at radius 2 is 0.938 bits per heavy atom. The summed E-state index contributed by atoms with van der Waals surface area (Å²) in [6.07, 6.45) is 20.9. The summed E-state index contributed by atoms with van der Waals surface area (Å²) >= 11 is 0. The van der Waals surface area contributed by atoms with Gasteiger partial charge in [-0.1, -0.05) is 112 Å². The molecule has 3 nitrogen and oxygen atoms in total. The minimum atomic E-state index is -0.910. The molecule has 0 unspecified atom stereocenters. The summed E-state index contributed by atoms with van der Waals surface area (Å²) in [6, 6.07) is 0. The lowest BCUT2D eigenvalue weighted by Crippen LogP contribution is -2.50. The van der Waals surface area contributed by atoms with Gasteiger partial charge < -0.3 is 14.4 Å². The van der Waals surface area contributed by atoms with E-state index in [9.17, 15) is 9.90 Å². The van der Waals surface area contributed by atoms with Crippen molar-refractivity contribution in [1.82, 2.24) is 0 Å². The lowest BCUT2D eigenvalue weighted by atomic mass is 10.0. The summed E-state index contributed by atoms with van der Waals surface area (Å²) in [6.45, 7) is 19.5. The molecule has 0 fully saturated rings. The van der Waals surface area contributed by atoms with Crippen LogP contribution in [0.2, 0.25) is 0 Å². The molecule has 0 aliphatic rings. The predicted molar refractivity (Wildman–Crippen MR) is 141 cm³/mol. The number of quaternary nitrogens is 1. The zero-order valence-corrected chi connectivity index (χ0v) is 23.2. The van der Waals surface area contributed by atoms with Crippen LogP contribution in [0.25, 0.3) is 0 Å². The number of nitrogens with zero attached hydrogens (tertiary/aromatic N) is 1. The van der Waals surface area contributed by atoms with Gasteiger partial charge in [0.15, 0.2) is 0 Å². The number of carbonyl (C=O) groups excluding carboxylic acids is 1. The van der Waals surface area contributed by atoms with E-state index in [1.165, 1.54) is 121 Å². The van der Waals surface area contributed by atoms with Crippen LogP contribution in [0, 0.1) is 5.92 Å². The monoisotopic (exact) mass is 455 g/mol. The summed E-state index contributed by atoms with van der Waals surface area (Å²) in [5.41, 5.74) is 0. The number of rotatable bonds is 22. The highest BCUT2D eigenvalue weighted by Crippen LogP contribution is 2.16. The van der Waals surface area contributed by atoms with Gasteiger partial charge in [0, 0.05) is 5.97 Å². The van der Waals surface area contributed by atoms with E-state index >= 15 is 0 Å². The number of aliphatic carboxylic acids is 1. The molecule has 0 bridgehead atoms. The molecule has 0 aromatic rings. The van der Waals surface area contributed by atoms with Gasteiger partial charge in [0.2, 0.25) is 0 Å². The standard InChI is InChI=1S/C16H36N.C13H26O2/c1-5-9-13-17(14-10-6-2,15-11-7-3)16-12-8-4;1-12(2)10-8-6-4-3-5-7-9-11-13(14)15/h5-16H2,1-4H3;12H,3-11H2,1-2H3,(H,14,15)/q+1;/p-1. The maximum atomic E-state index is 10.1. The van der Waals surface area contributed by atoms with Crippen molar-refractivity contribution >= 4 is 5.97 Å². The SMILES string of the molecule is CC(C)CCCCCCCCCC(=O)[O-].CCCC[N+](CCCC)(CCCC)CCCC. The van der Waals surface area contributed by atoms with Gasteiger partial charge >= 0.3 is 0 Å². The van der Waals surface area contributed by atoms with Crippen molar-refractivity contribution in [3.05, 3.63) is 0 Å². The third-order valence-electron chi connectivity index (χ3n) is 6.61. The number of unbranched alkanes of at least 4 members (excludes halogenated alkanes) is 10. The molecule has 0 radical (unpaired) electrons. The molecule has 0 N–H and O–H groups in total. The molecule has 194 valence electrons. The molecular weight excluding hydrogens is 394 g/mol. The Bertz CT molecular complexity index is 344. The van der Waals surface area contributed by atoms with E-state index in [1.54, 1.807) is 0 Å². The fraction of sp³-hybridized carbons (Fsp3) is 0.966. The van der Waals surface area contributed by atoms with Gasteiger partial charge in [-0.3, -0.25) is 0 Å².